The minimum absolute atomic E-state index is 0.00526. The highest BCUT2D eigenvalue weighted by Gasteiger charge is 2.33. The molecule has 1 aliphatic heterocycles. The predicted molar refractivity (Wildman–Crippen MR) is 92.0 cm³/mol. The van der Waals surface area contributed by atoms with E-state index in [1.54, 1.807) is 4.90 Å². The minimum atomic E-state index is -2.97. The first kappa shape index (κ1) is 17.9. The Labute approximate surface area is 139 Å². The molecule has 6 heteroatoms. The summed E-state index contributed by atoms with van der Waals surface area (Å²) in [6.07, 6.45) is 0.559. The number of aryl methyl sites for hydroxylation is 1. The van der Waals surface area contributed by atoms with Gasteiger partial charge in [0.1, 0.15) is 0 Å². The first-order valence-corrected chi connectivity index (χ1v) is 9.87. The number of benzene rings is 1. The third-order valence-corrected chi connectivity index (χ3v) is 6.17. The molecule has 0 spiro atoms. The molecule has 0 saturated carbocycles. The summed E-state index contributed by atoms with van der Waals surface area (Å²) in [5.74, 6) is 0.305. The molecule has 128 valence electrons. The zero-order valence-electron chi connectivity index (χ0n) is 14.2. The lowest BCUT2D eigenvalue weighted by atomic mass is 10.1. The standard InChI is InChI=1S/C17H26N2O3S/c1-4-19(16-9-10-23(21,22)13-16)17(20)12-18(3)11-15-8-6-5-7-14(15)2/h5-8,16H,4,9-13H2,1-3H3. The molecular weight excluding hydrogens is 312 g/mol. The summed E-state index contributed by atoms with van der Waals surface area (Å²) in [6, 6.07) is 7.97. The van der Waals surface area contributed by atoms with E-state index in [-0.39, 0.29) is 23.5 Å². The molecule has 0 aromatic heterocycles. The van der Waals surface area contributed by atoms with Crippen LogP contribution in [0.3, 0.4) is 0 Å². The van der Waals surface area contributed by atoms with Crippen LogP contribution in [0, 0.1) is 6.92 Å². The lowest BCUT2D eigenvalue weighted by Gasteiger charge is -2.29. The van der Waals surface area contributed by atoms with Crippen molar-refractivity contribution in [2.75, 3.05) is 31.6 Å². The molecule has 1 atom stereocenters. The van der Waals surface area contributed by atoms with Crippen molar-refractivity contribution in [2.45, 2.75) is 32.9 Å². The SMILES string of the molecule is CCN(C(=O)CN(C)Cc1ccccc1C)C1CCS(=O)(=O)C1. The maximum absolute atomic E-state index is 12.5. The van der Waals surface area contributed by atoms with E-state index in [9.17, 15) is 13.2 Å². The van der Waals surface area contributed by atoms with Crippen LogP contribution in [0.15, 0.2) is 24.3 Å². The zero-order valence-corrected chi connectivity index (χ0v) is 15.0. The van der Waals surface area contributed by atoms with E-state index in [1.807, 2.05) is 31.0 Å². The minimum Gasteiger partial charge on any atom is -0.338 e. The molecule has 0 N–H and O–H groups in total. The molecule has 1 fully saturated rings. The van der Waals surface area contributed by atoms with Gasteiger partial charge in [-0.25, -0.2) is 8.42 Å². The number of sulfone groups is 1. The molecule has 0 radical (unpaired) electrons. The topological polar surface area (TPSA) is 57.7 Å². The van der Waals surface area contributed by atoms with Crippen LogP contribution in [0.4, 0.5) is 0 Å². The van der Waals surface area contributed by atoms with Gasteiger partial charge in [0.05, 0.1) is 18.1 Å². The van der Waals surface area contributed by atoms with Crippen molar-refractivity contribution in [3.63, 3.8) is 0 Å². The second-order valence-electron chi connectivity index (χ2n) is 6.34. The van der Waals surface area contributed by atoms with Gasteiger partial charge in [-0.3, -0.25) is 9.69 Å². The number of hydrogen-bond donors (Lipinski definition) is 0. The number of hydrogen-bond acceptors (Lipinski definition) is 4. The van der Waals surface area contributed by atoms with E-state index in [1.165, 1.54) is 11.1 Å². The smallest absolute Gasteiger partial charge is 0.237 e. The molecule has 5 nitrogen and oxygen atoms in total. The summed E-state index contributed by atoms with van der Waals surface area (Å²) in [7, 11) is -1.05. The van der Waals surface area contributed by atoms with Gasteiger partial charge in [-0.05, 0) is 38.4 Å². The Morgan fingerprint density at radius 1 is 1.30 bits per heavy atom. The Hall–Kier alpha value is -1.40. The molecule has 23 heavy (non-hydrogen) atoms. The summed E-state index contributed by atoms with van der Waals surface area (Å²) in [6.45, 7) is 5.53. The van der Waals surface area contributed by atoms with Gasteiger partial charge in [-0.1, -0.05) is 24.3 Å². The van der Waals surface area contributed by atoms with Crippen molar-refractivity contribution in [3.8, 4) is 0 Å². The molecule has 2 rings (SSSR count). The van der Waals surface area contributed by atoms with Crippen LogP contribution in [0.5, 0.6) is 0 Å². The van der Waals surface area contributed by atoms with Crippen LogP contribution in [-0.2, 0) is 21.2 Å². The van der Waals surface area contributed by atoms with E-state index in [4.69, 9.17) is 0 Å². The summed E-state index contributed by atoms with van der Waals surface area (Å²) in [5, 5.41) is 0. The van der Waals surface area contributed by atoms with Crippen molar-refractivity contribution in [1.82, 2.24) is 9.80 Å². The predicted octanol–water partition coefficient (Wildman–Crippen LogP) is 1.46. The molecule has 0 bridgehead atoms. The third kappa shape index (κ3) is 4.78. The second kappa shape index (κ2) is 7.45. The average molecular weight is 338 g/mol. The van der Waals surface area contributed by atoms with E-state index < -0.39 is 9.84 Å². The average Bonchev–Trinajstić information content (AvgIpc) is 2.82. The van der Waals surface area contributed by atoms with Gasteiger partial charge >= 0.3 is 0 Å². The molecule has 1 aliphatic rings. The first-order valence-electron chi connectivity index (χ1n) is 8.05. The third-order valence-electron chi connectivity index (χ3n) is 4.42. The number of rotatable bonds is 6. The van der Waals surface area contributed by atoms with Gasteiger partial charge in [0.2, 0.25) is 5.91 Å². The van der Waals surface area contributed by atoms with Gasteiger partial charge < -0.3 is 4.90 Å². The van der Waals surface area contributed by atoms with Crippen molar-refractivity contribution in [2.24, 2.45) is 0 Å². The normalized spacial score (nSPS) is 19.9. The van der Waals surface area contributed by atoms with Crippen LogP contribution in [0.25, 0.3) is 0 Å². The molecule has 1 heterocycles. The van der Waals surface area contributed by atoms with Crippen molar-refractivity contribution >= 4 is 15.7 Å². The van der Waals surface area contributed by atoms with E-state index in [2.05, 4.69) is 19.1 Å². The maximum Gasteiger partial charge on any atom is 0.237 e. The fourth-order valence-corrected chi connectivity index (χ4v) is 4.85. The molecule has 1 aromatic carbocycles. The number of amides is 1. The number of likely N-dealkylation sites (N-methyl/N-ethyl adjacent to an activating group) is 2. The van der Waals surface area contributed by atoms with Gasteiger partial charge in [0.15, 0.2) is 9.84 Å². The van der Waals surface area contributed by atoms with Crippen LogP contribution in [0.2, 0.25) is 0 Å². The quantitative estimate of drug-likeness (QED) is 0.788. The highest BCUT2D eigenvalue weighted by molar-refractivity contribution is 7.91. The fourth-order valence-electron chi connectivity index (χ4n) is 3.12. The van der Waals surface area contributed by atoms with E-state index in [0.29, 0.717) is 26.1 Å². The highest BCUT2D eigenvalue weighted by Crippen LogP contribution is 2.18. The molecular formula is C17H26N2O3S. The molecule has 1 amide bonds. The number of carbonyl (C=O) groups is 1. The zero-order chi connectivity index (χ0) is 17.0. The van der Waals surface area contributed by atoms with Crippen LogP contribution in [-0.4, -0.2) is 61.8 Å². The number of nitrogens with zero attached hydrogens (tertiary/aromatic N) is 2. The molecule has 1 unspecified atom stereocenters. The Morgan fingerprint density at radius 3 is 2.57 bits per heavy atom. The fraction of sp³-hybridized carbons (Fsp3) is 0.588. The second-order valence-corrected chi connectivity index (χ2v) is 8.56. The van der Waals surface area contributed by atoms with Gasteiger partial charge in [-0.2, -0.15) is 0 Å². The van der Waals surface area contributed by atoms with Gasteiger partial charge in [0.25, 0.3) is 0 Å². The summed E-state index contributed by atoms with van der Waals surface area (Å²) >= 11 is 0. The Balaban J connectivity index is 1.95. The van der Waals surface area contributed by atoms with Crippen molar-refractivity contribution in [1.29, 1.82) is 0 Å². The van der Waals surface area contributed by atoms with Gasteiger partial charge in [-0.15, -0.1) is 0 Å². The highest BCUT2D eigenvalue weighted by atomic mass is 32.2. The van der Waals surface area contributed by atoms with Gasteiger partial charge in [0, 0.05) is 19.1 Å². The van der Waals surface area contributed by atoms with Crippen LogP contribution < -0.4 is 0 Å². The Bertz CT molecular complexity index is 658. The lowest BCUT2D eigenvalue weighted by Crippen LogP contribution is -2.45. The largest absolute Gasteiger partial charge is 0.338 e. The summed E-state index contributed by atoms with van der Waals surface area (Å²) in [5.41, 5.74) is 2.41. The first-order chi connectivity index (χ1) is 10.8. The lowest BCUT2D eigenvalue weighted by molar-refractivity contribution is -0.133. The van der Waals surface area contributed by atoms with Crippen molar-refractivity contribution < 1.29 is 13.2 Å². The van der Waals surface area contributed by atoms with E-state index in [0.717, 1.165) is 0 Å². The van der Waals surface area contributed by atoms with Crippen molar-refractivity contribution in [3.05, 3.63) is 35.4 Å². The molecule has 1 aromatic rings. The Kier molecular flexibility index (Phi) is 5.81. The summed E-state index contributed by atoms with van der Waals surface area (Å²) in [4.78, 5) is 16.3. The monoisotopic (exact) mass is 338 g/mol. The van der Waals surface area contributed by atoms with Crippen LogP contribution >= 0.6 is 0 Å². The summed E-state index contributed by atoms with van der Waals surface area (Å²) < 4.78 is 23.3. The maximum atomic E-state index is 12.5. The number of carbonyl (C=O) groups excluding carboxylic acids is 1. The van der Waals surface area contributed by atoms with Crippen LogP contribution in [0.1, 0.15) is 24.5 Å². The van der Waals surface area contributed by atoms with E-state index >= 15 is 0 Å². The molecule has 1 saturated heterocycles. The Morgan fingerprint density at radius 2 is 2.00 bits per heavy atom. The molecule has 0 aliphatic carbocycles.